The predicted molar refractivity (Wildman–Crippen MR) is 65.0 cm³/mol. The lowest BCUT2D eigenvalue weighted by molar-refractivity contribution is 0.102. The Hall–Kier alpha value is -2.70. The minimum atomic E-state index is -0.268. The van der Waals surface area contributed by atoms with E-state index in [-0.39, 0.29) is 11.9 Å². The third-order valence-corrected chi connectivity index (χ3v) is 2.57. The SMILES string of the molecule is Cn1nnc(NC(=O)c2cccc3cc[nH]c23)n1. The highest BCUT2D eigenvalue weighted by Gasteiger charge is 2.12. The molecular weight excluding hydrogens is 232 g/mol. The molecule has 2 aromatic heterocycles. The molecule has 0 saturated carbocycles. The van der Waals surface area contributed by atoms with Crippen molar-refractivity contribution in [1.29, 1.82) is 0 Å². The number of hydrogen-bond acceptors (Lipinski definition) is 4. The number of hydrogen-bond donors (Lipinski definition) is 2. The normalized spacial score (nSPS) is 10.7. The number of carbonyl (C=O) groups is 1. The predicted octanol–water partition coefficient (Wildman–Crippen LogP) is 0.944. The Morgan fingerprint density at radius 1 is 1.39 bits per heavy atom. The second kappa shape index (κ2) is 3.95. The van der Waals surface area contributed by atoms with Crippen molar-refractivity contribution >= 4 is 22.8 Å². The van der Waals surface area contributed by atoms with Gasteiger partial charge in [0.15, 0.2) is 0 Å². The lowest BCUT2D eigenvalue weighted by Gasteiger charge is -2.02. The van der Waals surface area contributed by atoms with Crippen LogP contribution in [0.5, 0.6) is 0 Å². The zero-order valence-electron chi connectivity index (χ0n) is 9.58. The lowest BCUT2D eigenvalue weighted by atomic mass is 10.1. The molecule has 1 amide bonds. The average Bonchev–Trinajstić information content (AvgIpc) is 2.97. The van der Waals surface area contributed by atoms with Crippen LogP contribution in [0.3, 0.4) is 0 Å². The maximum Gasteiger partial charge on any atom is 0.270 e. The number of carbonyl (C=O) groups excluding carboxylic acids is 1. The van der Waals surface area contributed by atoms with Gasteiger partial charge in [0.05, 0.1) is 18.1 Å². The van der Waals surface area contributed by atoms with E-state index < -0.39 is 0 Å². The summed E-state index contributed by atoms with van der Waals surface area (Å²) in [5.41, 5.74) is 1.34. The van der Waals surface area contributed by atoms with E-state index in [1.807, 2.05) is 18.2 Å². The number of aromatic nitrogens is 5. The quantitative estimate of drug-likeness (QED) is 0.700. The van der Waals surface area contributed by atoms with Crippen molar-refractivity contribution in [1.82, 2.24) is 25.2 Å². The topological polar surface area (TPSA) is 88.5 Å². The number of benzene rings is 1. The fourth-order valence-electron chi connectivity index (χ4n) is 1.78. The van der Waals surface area contributed by atoms with Crippen molar-refractivity contribution in [2.45, 2.75) is 0 Å². The van der Waals surface area contributed by atoms with Crippen LogP contribution in [0.15, 0.2) is 30.5 Å². The maximum atomic E-state index is 12.1. The first-order valence-corrected chi connectivity index (χ1v) is 5.35. The van der Waals surface area contributed by atoms with Crippen molar-refractivity contribution in [2.24, 2.45) is 7.05 Å². The summed E-state index contributed by atoms with van der Waals surface area (Å²) in [5.74, 6) is -0.0814. The Morgan fingerprint density at radius 2 is 2.28 bits per heavy atom. The van der Waals surface area contributed by atoms with Crippen LogP contribution in [0, 0.1) is 0 Å². The molecule has 2 heterocycles. The molecule has 7 heteroatoms. The molecule has 0 saturated heterocycles. The minimum Gasteiger partial charge on any atom is -0.361 e. The van der Waals surface area contributed by atoms with Gasteiger partial charge in [-0.3, -0.25) is 10.1 Å². The van der Waals surface area contributed by atoms with Crippen molar-refractivity contribution in [3.8, 4) is 0 Å². The van der Waals surface area contributed by atoms with Crippen molar-refractivity contribution in [2.75, 3.05) is 5.32 Å². The Morgan fingerprint density at radius 3 is 3.06 bits per heavy atom. The highest BCUT2D eigenvalue weighted by Crippen LogP contribution is 2.17. The van der Waals surface area contributed by atoms with E-state index in [2.05, 4.69) is 25.7 Å². The molecule has 0 aliphatic carbocycles. The van der Waals surface area contributed by atoms with Crippen molar-refractivity contribution < 1.29 is 4.79 Å². The van der Waals surface area contributed by atoms with Gasteiger partial charge < -0.3 is 4.98 Å². The zero-order chi connectivity index (χ0) is 12.5. The molecule has 0 radical (unpaired) electrons. The van der Waals surface area contributed by atoms with Gasteiger partial charge in [-0.25, -0.2) is 0 Å². The standard InChI is InChI=1S/C11H10N6O/c1-17-15-11(14-16-17)13-10(18)8-4-2-3-7-5-6-12-9(7)8/h2-6,12H,1H3,(H,13,15,18). The van der Waals surface area contributed by atoms with Crippen LogP contribution < -0.4 is 5.32 Å². The Labute approximate surface area is 102 Å². The van der Waals surface area contributed by atoms with Gasteiger partial charge in [0.25, 0.3) is 11.9 Å². The van der Waals surface area contributed by atoms with Crippen LogP contribution in [-0.4, -0.2) is 31.1 Å². The van der Waals surface area contributed by atoms with Gasteiger partial charge in [-0.2, -0.15) is 4.80 Å². The first-order chi connectivity index (χ1) is 8.74. The van der Waals surface area contributed by atoms with Gasteiger partial charge in [-0.15, -0.1) is 5.10 Å². The van der Waals surface area contributed by atoms with Crippen LogP contribution in [-0.2, 0) is 7.05 Å². The summed E-state index contributed by atoms with van der Waals surface area (Å²) < 4.78 is 0. The molecule has 0 aliphatic rings. The van der Waals surface area contributed by atoms with Crippen LogP contribution in [0.25, 0.3) is 10.9 Å². The smallest absolute Gasteiger partial charge is 0.270 e. The number of amides is 1. The molecular formula is C11H10N6O. The average molecular weight is 242 g/mol. The van der Waals surface area contributed by atoms with Gasteiger partial charge in [0.2, 0.25) is 0 Å². The monoisotopic (exact) mass is 242 g/mol. The summed E-state index contributed by atoms with van der Waals surface area (Å²) in [5, 5.41) is 14.8. The van der Waals surface area contributed by atoms with Gasteiger partial charge >= 0.3 is 0 Å². The number of tetrazole rings is 1. The highest BCUT2D eigenvalue weighted by atomic mass is 16.1. The molecule has 0 spiro atoms. The van der Waals surface area contributed by atoms with Gasteiger partial charge in [-0.05, 0) is 17.3 Å². The number of fused-ring (bicyclic) bond motifs is 1. The highest BCUT2D eigenvalue weighted by molar-refractivity contribution is 6.11. The number of aryl methyl sites for hydroxylation is 1. The van der Waals surface area contributed by atoms with Crippen molar-refractivity contribution in [3.63, 3.8) is 0 Å². The first kappa shape index (κ1) is 10.5. The van der Waals surface area contributed by atoms with E-state index in [9.17, 15) is 4.79 Å². The van der Waals surface area contributed by atoms with Crippen LogP contribution in [0.1, 0.15) is 10.4 Å². The fourth-order valence-corrected chi connectivity index (χ4v) is 1.78. The van der Waals surface area contributed by atoms with E-state index in [4.69, 9.17) is 0 Å². The van der Waals surface area contributed by atoms with Gasteiger partial charge in [0.1, 0.15) is 0 Å². The number of para-hydroxylation sites is 1. The molecule has 7 nitrogen and oxygen atoms in total. The maximum absolute atomic E-state index is 12.1. The van der Waals surface area contributed by atoms with Gasteiger partial charge in [0, 0.05) is 11.6 Å². The summed E-state index contributed by atoms with van der Waals surface area (Å²) in [6.45, 7) is 0. The second-order valence-electron chi connectivity index (χ2n) is 3.80. The Balaban J connectivity index is 1.94. The number of anilines is 1. The van der Waals surface area contributed by atoms with Crippen LogP contribution in [0.2, 0.25) is 0 Å². The molecule has 0 unspecified atom stereocenters. The molecule has 90 valence electrons. The van der Waals surface area contributed by atoms with Gasteiger partial charge in [-0.1, -0.05) is 17.2 Å². The number of rotatable bonds is 2. The molecule has 0 fully saturated rings. The Bertz CT molecular complexity index is 713. The molecule has 3 aromatic rings. The summed E-state index contributed by atoms with van der Waals surface area (Å²) in [7, 11) is 1.63. The van der Waals surface area contributed by atoms with Crippen LogP contribution >= 0.6 is 0 Å². The molecule has 3 rings (SSSR count). The summed E-state index contributed by atoms with van der Waals surface area (Å²) >= 11 is 0. The summed E-state index contributed by atoms with van der Waals surface area (Å²) in [6, 6.07) is 7.41. The molecule has 1 aromatic carbocycles. The number of nitrogens with zero attached hydrogens (tertiary/aromatic N) is 4. The third-order valence-electron chi connectivity index (χ3n) is 2.57. The van der Waals surface area contributed by atoms with E-state index in [1.54, 1.807) is 19.3 Å². The minimum absolute atomic E-state index is 0.186. The Kier molecular flexibility index (Phi) is 2.30. The lowest BCUT2D eigenvalue weighted by Crippen LogP contribution is -2.13. The molecule has 0 bridgehead atoms. The molecule has 2 N–H and O–H groups in total. The molecule has 0 aliphatic heterocycles. The number of aromatic amines is 1. The summed E-state index contributed by atoms with van der Waals surface area (Å²) in [4.78, 5) is 16.4. The van der Waals surface area contributed by atoms with E-state index in [1.165, 1.54) is 4.80 Å². The molecule has 0 atom stereocenters. The summed E-state index contributed by atoms with van der Waals surface area (Å²) in [6.07, 6.45) is 1.79. The van der Waals surface area contributed by atoms with Crippen LogP contribution in [0.4, 0.5) is 5.95 Å². The second-order valence-corrected chi connectivity index (χ2v) is 3.80. The van der Waals surface area contributed by atoms with E-state index in [0.29, 0.717) is 5.56 Å². The molecule has 18 heavy (non-hydrogen) atoms. The number of H-pyrrole nitrogens is 1. The van der Waals surface area contributed by atoms with E-state index in [0.717, 1.165) is 10.9 Å². The van der Waals surface area contributed by atoms with Crippen molar-refractivity contribution in [3.05, 3.63) is 36.0 Å². The largest absolute Gasteiger partial charge is 0.361 e. The van der Waals surface area contributed by atoms with E-state index >= 15 is 0 Å². The number of nitrogens with one attached hydrogen (secondary N) is 2. The third kappa shape index (κ3) is 1.71. The zero-order valence-corrected chi connectivity index (χ0v) is 9.58. The fraction of sp³-hybridized carbons (Fsp3) is 0.0909. The first-order valence-electron chi connectivity index (χ1n) is 5.35.